The van der Waals surface area contributed by atoms with Crippen molar-refractivity contribution in [3.63, 3.8) is 0 Å². The van der Waals surface area contributed by atoms with Gasteiger partial charge in [0.15, 0.2) is 17.6 Å². The van der Waals surface area contributed by atoms with Crippen LogP contribution in [0.1, 0.15) is 33.3 Å². The third-order valence-corrected chi connectivity index (χ3v) is 3.93. The molecule has 1 atom stereocenters. The van der Waals surface area contributed by atoms with E-state index in [1.807, 2.05) is 24.3 Å². The van der Waals surface area contributed by atoms with E-state index in [1.165, 1.54) is 5.56 Å². The second-order valence-corrected chi connectivity index (χ2v) is 6.97. The van der Waals surface area contributed by atoms with E-state index in [1.54, 1.807) is 25.1 Å². The van der Waals surface area contributed by atoms with Gasteiger partial charge >= 0.3 is 5.97 Å². The predicted octanol–water partition coefficient (Wildman–Crippen LogP) is 4.09. The quantitative estimate of drug-likeness (QED) is 0.619. The normalized spacial score (nSPS) is 14.1. The summed E-state index contributed by atoms with van der Waals surface area (Å²) in [4.78, 5) is 12.2. The Morgan fingerprint density at radius 3 is 2.32 bits per heavy atom. The molecule has 1 heterocycles. The minimum absolute atomic E-state index is 0.0719. The highest BCUT2D eigenvalue weighted by atomic mass is 16.7. The molecule has 1 aliphatic rings. The highest BCUT2D eigenvalue weighted by Gasteiger charge is 2.20. The second-order valence-electron chi connectivity index (χ2n) is 6.97. The molecular formula is C20H22O5. The van der Waals surface area contributed by atoms with Crippen molar-refractivity contribution in [3.8, 4) is 23.0 Å². The van der Waals surface area contributed by atoms with Crippen LogP contribution in [-0.2, 0) is 10.2 Å². The maximum Gasteiger partial charge on any atom is 0.352 e. The molecule has 0 spiro atoms. The summed E-state index contributed by atoms with van der Waals surface area (Å²) in [6.07, 6.45) is -0.731. The Morgan fingerprint density at radius 2 is 1.64 bits per heavy atom. The molecule has 3 rings (SSSR count). The Bertz CT molecular complexity index is 759. The van der Waals surface area contributed by atoms with E-state index in [-0.39, 0.29) is 12.2 Å². The van der Waals surface area contributed by atoms with Crippen molar-refractivity contribution in [2.75, 3.05) is 6.79 Å². The van der Waals surface area contributed by atoms with Gasteiger partial charge in [-0.05, 0) is 42.2 Å². The van der Waals surface area contributed by atoms with E-state index in [9.17, 15) is 4.79 Å². The Labute approximate surface area is 147 Å². The van der Waals surface area contributed by atoms with Gasteiger partial charge in [-0.25, -0.2) is 4.79 Å². The first-order valence-corrected chi connectivity index (χ1v) is 8.21. The first-order chi connectivity index (χ1) is 11.8. The van der Waals surface area contributed by atoms with Gasteiger partial charge in [0, 0.05) is 6.07 Å². The molecule has 0 radical (unpaired) electrons. The lowest BCUT2D eigenvalue weighted by atomic mass is 9.87. The van der Waals surface area contributed by atoms with Crippen molar-refractivity contribution in [1.29, 1.82) is 0 Å². The van der Waals surface area contributed by atoms with Crippen LogP contribution in [0.5, 0.6) is 23.0 Å². The Hall–Kier alpha value is -2.69. The van der Waals surface area contributed by atoms with Crippen molar-refractivity contribution >= 4 is 5.97 Å². The monoisotopic (exact) mass is 342 g/mol. The summed E-state index contributed by atoms with van der Waals surface area (Å²) in [7, 11) is 0. The molecule has 0 aromatic heterocycles. The van der Waals surface area contributed by atoms with Crippen LogP contribution < -0.4 is 18.9 Å². The van der Waals surface area contributed by atoms with E-state index < -0.39 is 12.1 Å². The third-order valence-electron chi connectivity index (χ3n) is 3.93. The molecule has 2 aromatic rings. The highest BCUT2D eigenvalue weighted by Crippen LogP contribution is 2.35. The van der Waals surface area contributed by atoms with Gasteiger partial charge in [0.05, 0.1) is 0 Å². The van der Waals surface area contributed by atoms with Gasteiger partial charge in [-0.2, -0.15) is 0 Å². The Morgan fingerprint density at radius 1 is 1.00 bits per heavy atom. The third kappa shape index (κ3) is 4.05. The number of hydrogen-bond acceptors (Lipinski definition) is 5. The first-order valence-electron chi connectivity index (χ1n) is 8.21. The summed E-state index contributed by atoms with van der Waals surface area (Å²) >= 11 is 0. The fourth-order valence-electron chi connectivity index (χ4n) is 2.43. The van der Waals surface area contributed by atoms with Crippen LogP contribution in [0.25, 0.3) is 0 Å². The minimum Gasteiger partial charge on any atom is -0.479 e. The number of carbonyl (C=O) groups excluding carboxylic acids is 1. The molecule has 0 bridgehead atoms. The van der Waals surface area contributed by atoms with Gasteiger partial charge in [-0.1, -0.05) is 32.9 Å². The van der Waals surface area contributed by atoms with Gasteiger partial charge in [-0.3, -0.25) is 0 Å². The highest BCUT2D eigenvalue weighted by molar-refractivity contribution is 5.77. The number of benzene rings is 2. The molecule has 0 saturated carbocycles. The van der Waals surface area contributed by atoms with Gasteiger partial charge in [0.2, 0.25) is 6.79 Å². The average Bonchev–Trinajstić information content (AvgIpc) is 3.02. The largest absolute Gasteiger partial charge is 0.479 e. The van der Waals surface area contributed by atoms with E-state index >= 15 is 0 Å². The number of ether oxygens (including phenoxy) is 4. The van der Waals surface area contributed by atoms with E-state index in [0.29, 0.717) is 23.0 Å². The zero-order chi connectivity index (χ0) is 18.0. The van der Waals surface area contributed by atoms with Gasteiger partial charge < -0.3 is 18.9 Å². The summed E-state index contributed by atoms with van der Waals surface area (Å²) < 4.78 is 21.5. The van der Waals surface area contributed by atoms with Crippen LogP contribution in [0.15, 0.2) is 42.5 Å². The van der Waals surface area contributed by atoms with Crippen LogP contribution >= 0.6 is 0 Å². The molecule has 5 nitrogen and oxygen atoms in total. The fraction of sp³-hybridized carbons (Fsp3) is 0.350. The molecule has 0 N–H and O–H groups in total. The minimum atomic E-state index is -0.731. The first kappa shape index (κ1) is 17.1. The zero-order valence-corrected chi connectivity index (χ0v) is 14.9. The Balaban J connectivity index is 1.61. The fourth-order valence-corrected chi connectivity index (χ4v) is 2.43. The SMILES string of the molecule is C[C@H](Oc1ccc(C(C)(C)C)cc1)C(=O)Oc1ccc2c(c1)OCO2. The van der Waals surface area contributed by atoms with E-state index in [2.05, 4.69) is 20.8 Å². The molecule has 1 aliphatic heterocycles. The maximum atomic E-state index is 12.2. The van der Waals surface area contributed by atoms with Crippen molar-refractivity contribution in [3.05, 3.63) is 48.0 Å². The van der Waals surface area contributed by atoms with Crippen LogP contribution in [-0.4, -0.2) is 18.9 Å². The molecule has 0 saturated heterocycles. The van der Waals surface area contributed by atoms with Crippen molar-refractivity contribution < 1.29 is 23.7 Å². The number of esters is 1. The Kier molecular flexibility index (Phi) is 4.57. The van der Waals surface area contributed by atoms with Gasteiger partial charge in [0.25, 0.3) is 0 Å². The molecule has 25 heavy (non-hydrogen) atoms. The molecule has 132 valence electrons. The predicted molar refractivity (Wildman–Crippen MR) is 93.4 cm³/mol. The second kappa shape index (κ2) is 6.67. The molecule has 0 aliphatic carbocycles. The smallest absolute Gasteiger partial charge is 0.352 e. The summed E-state index contributed by atoms with van der Waals surface area (Å²) in [6, 6.07) is 12.7. The van der Waals surface area contributed by atoms with Crippen molar-refractivity contribution in [2.45, 2.75) is 39.2 Å². The summed E-state index contributed by atoms with van der Waals surface area (Å²) in [6.45, 7) is 8.28. The van der Waals surface area contributed by atoms with Gasteiger partial charge in [-0.15, -0.1) is 0 Å². The summed E-state index contributed by atoms with van der Waals surface area (Å²) in [5.74, 6) is 1.76. The zero-order valence-electron chi connectivity index (χ0n) is 14.9. The average molecular weight is 342 g/mol. The molecule has 0 amide bonds. The van der Waals surface area contributed by atoms with Crippen LogP contribution in [0.3, 0.4) is 0 Å². The van der Waals surface area contributed by atoms with Crippen LogP contribution in [0.4, 0.5) is 0 Å². The van der Waals surface area contributed by atoms with Crippen LogP contribution in [0.2, 0.25) is 0 Å². The standard InChI is InChI=1S/C20H22O5/c1-13(24-15-7-5-14(6-8-15)20(2,3)4)19(21)25-16-9-10-17-18(11-16)23-12-22-17/h5-11,13H,12H2,1-4H3/t13-/m0/s1. The van der Waals surface area contributed by atoms with Crippen molar-refractivity contribution in [1.82, 2.24) is 0 Å². The molecule has 0 unspecified atom stereocenters. The number of hydrogen-bond donors (Lipinski definition) is 0. The summed E-state index contributed by atoms with van der Waals surface area (Å²) in [5.41, 5.74) is 1.28. The molecule has 5 heteroatoms. The molecule has 2 aromatic carbocycles. The molecular weight excluding hydrogens is 320 g/mol. The topological polar surface area (TPSA) is 54.0 Å². The molecule has 0 fully saturated rings. The van der Waals surface area contributed by atoms with Gasteiger partial charge in [0.1, 0.15) is 11.5 Å². The van der Waals surface area contributed by atoms with Crippen molar-refractivity contribution in [2.24, 2.45) is 0 Å². The van der Waals surface area contributed by atoms with E-state index in [4.69, 9.17) is 18.9 Å². The lowest BCUT2D eigenvalue weighted by molar-refractivity contribution is -0.141. The number of carbonyl (C=O) groups is 1. The maximum absolute atomic E-state index is 12.2. The number of fused-ring (bicyclic) bond motifs is 1. The lowest BCUT2D eigenvalue weighted by Crippen LogP contribution is -2.28. The lowest BCUT2D eigenvalue weighted by Gasteiger charge is -2.20. The summed E-state index contributed by atoms with van der Waals surface area (Å²) in [5, 5.41) is 0. The van der Waals surface area contributed by atoms with E-state index in [0.717, 1.165) is 0 Å². The van der Waals surface area contributed by atoms with Crippen LogP contribution in [0, 0.1) is 0 Å². The number of rotatable bonds is 4.